The standard InChI is InChI=1S/C11H25NO3/c1-5-9(14)6-12(11(2,3)4)7-10(15)8-13/h9-10,13-15H,5-8H2,1-4H3. The van der Waals surface area contributed by atoms with Crippen molar-refractivity contribution in [3.8, 4) is 0 Å². The molecule has 0 aliphatic carbocycles. The van der Waals surface area contributed by atoms with Crippen LogP contribution in [0.2, 0.25) is 0 Å². The van der Waals surface area contributed by atoms with E-state index in [9.17, 15) is 10.2 Å². The minimum absolute atomic E-state index is 0.119. The van der Waals surface area contributed by atoms with Crippen molar-refractivity contribution in [1.29, 1.82) is 0 Å². The molecule has 0 radical (unpaired) electrons. The van der Waals surface area contributed by atoms with E-state index >= 15 is 0 Å². The number of aliphatic hydroxyl groups is 3. The largest absolute Gasteiger partial charge is 0.394 e. The summed E-state index contributed by atoms with van der Waals surface area (Å²) < 4.78 is 0. The summed E-state index contributed by atoms with van der Waals surface area (Å²) in [5.74, 6) is 0. The van der Waals surface area contributed by atoms with Gasteiger partial charge in [-0.3, -0.25) is 4.90 Å². The minimum atomic E-state index is -0.742. The number of nitrogens with zero attached hydrogens (tertiary/aromatic N) is 1. The second-order valence-electron chi connectivity index (χ2n) is 4.97. The van der Waals surface area contributed by atoms with Crippen molar-refractivity contribution >= 4 is 0 Å². The fourth-order valence-corrected chi connectivity index (χ4v) is 1.32. The Morgan fingerprint density at radius 1 is 1.07 bits per heavy atom. The van der Waals surface area contributed by atoms with Crippen LogP contribution in [0.15, 0.2) is 0 Å². The predicted molar refractivity (Wildman–Crippen MR) is 60.7 cm³/mol. The molecule has 0 aliphatic heterocycles. The Labute approximate surface area is 92.5 Å². The van der Waals surface area contributed by atoms with E-state index in [-0.39, 0.29) is 18.2 Å². The molecule has 0 aromatic heterocycles. The third-order valence-corrected chi connectivity index (χ3v) is 2.49. The fourth-order valence-electron chi connectivity index (χ4n) is 1.32. The average Bonchev–Trinajstić information content (AvgIpc) is 2.14. The highest BCUT2D eigenvalue weighted by molar-refractivity contribution is 4.80. The van der Waals surface area contributed by atoms with Crippen molar-refractivity contribution in [1.82, 2.24) is 4.90 Å². The van der Waals surface area contributed by atoms with Gasteiger partial charge < -0.3 is 15.3 Å². The summed E-state index contributed by atoms with van der Waals surface area (Å²) in [7, 11) is 0. The van der Waals surface area contributed by atoms with Gasteiger partial charge in [-0.05, 0) is 27.2 Å². The molecule has 0 bridgehead atoms. The molecule has 0 heterocycles. The molecular formula is C11H25NO3. The smallest absolute Gasteiger partial charge is 0.0897 e. The molecule has 0 aliphatic rings. The molecule has 4 nitrogen and oxygen atoms in total. The Kier molecular flexibility index (Phi) is 6.36. The number of hydrogen-bond acceptors (Lipinski definition) is 4. The van der Waals surface area contributed by atoms with Gasteiger partial charge in [-0.15, -0.1) is 0 Å². The average molecular weight is 219 g/mol. The van der Waals surface area contributed by atoms with E-state index in [0.717, 1.165) is 0 Å². The lowest BCUT2D eigenvalue weighted by molar-refractivity contribution is 0.00175. The summed E-state index contributed by atoms with van der Waals surface area (Å²) >= 11 is 0. The molecule has 0 aromatic carbocycles. The molecule has 0 rings (SSSR count). The summed E-state index contributed by atoms with van der Waals surface area (Å²) in [5, 5.41) is 27.8. The van der Waals surface area contributed by atoms with Crippen LogP contribution in [-0.2, 0) is 0 Å². The van der Waals surface area contributed by atoms with Crippen molar-refractivity contribution in [2.75, 3.05) is 19.7 Å². The molecule has 92 valence electrons. The highest BCUT2D eigenvalue weighted by Crippen LogP contribution is 2.14. The molecule has 0 fully saturated rings. The van der Waals surface area contributed by atoms with Crippen LogP contribution in [0.3, 0.4) is 0 Å². The molecule has 0 saturated carbocycles. The van der Waals surface area contributed by atoms with Gasteiger partial charge in [-0.1, -0.05) is 6.92 Å². The monoisotopic (exact) mass is 219 g/mol. The van der Waals surface area contributed by atoms with E-state index < -0.39 is 6.10 Å². The van der Waals surface area contributed by atoms with E-state index in [1.807, 2.05) is 32.6 Å². The van der Waals surface area contributed by atoms with Gasteiger partial charge in [-0.2, -0.15) is 0 Å². The maximum absolute atomic E-state index is 9.59. The molecule has 3 N–H and O–H groups in total. The fraction of sp³-hybridized carbons (Fsp3) is 1.00. The Morgan fingerprint density at radius 3 is 1.87 bits per heavy atom. The number of rotatable bonds is 6. The third kappa shape index (κ3) is 6.10. The molecular weight excluding hydrogens is 194 g/mol. The SMILES string of the molecule is CCC(O)CN(CC(O)CO)C(C)(C)C. The van der Waals surface area contributed by atoms with Crippen LogP contribution >= 0.6 is 0 Å². The maximum atomic E-state index is 9.59. The van der Waals surface area contributed by atoms with E-state index in [2.05, 4.69) is 0 Å². The summed E-state index contributed by atoms with van der Waals surface area (Å²) in [4.78, 5) is 1.99. The van der Waals surface area contributed by atoms with Gasteiger partial charge >= 0.3 is 0 Å². The van der Waals surface area contributed by atoms with Crippen molar-refractivity contribution < 1.29 is 15.3 Å². The first-order valence-electron chi connectivity index (χ1n) is 5.53. The molecule has 2 atom stereocenters. The van der Waals surface area contributed by atoms with Crippen LogP contribution < -0.4 is 0 Å². The van der Waals surface area contributed by atoms with Gasteiger partial charge in [0.1, 0.15) is 0 Å². The third-order valence-electron chi connectivity index (χ3n) is 2.49. The Hall–Kier alpha value is -0.160. The number of β-amino-alcohol motifs (C(OH)–C–C–N with tert-alkyl or cyclic N) is 2. The lowest BCUT2D eigenvalue weighted by atomic mass is 10.0. The topological polar surface area (TPSA) is 63.9 Å². The highest BCUT2D eigenvalue weighted by Gasteiger charge is 2.25. The van der Waals surface area contributed by atoms with Crippen LogP contribution in [0.5, 0.6) is 0 Å². The molecule has 0 saturated heterocycles. The molecule has 15 heavy (non-hydrogen) atoms. The van der Waals surface area contributed by atoms with E-state index in [1.54, 1.807) is 0 Å². The zero-order valence-corrected chi connectivity index (χ0v) is 10.3. The van der Waals surface area contributed by atoms with Gasteiger partial charge in [0.15, 0.2) is 0 Å². The van der Waals surface area contributed by atoms with Crippen LogP contribution in [-0.4, -0.2) is 57.7 Å². The second-order valence-corrected chi connectivity index (χ2v) is 4.97. The number of hydrogen-bond donors (Lipinski definition) is 3. The Morgan fingerprint density at radius 2 is 1.53 bits per heavy atom. The minimum Gasteiger partial charge on any atom is -0.394 e. The lowest BCUT2D eigenvalue weighted by Gasteiger charge is -2.37. The first-order valence-corrected chi connectivity index (χ1v) is 5.53. The van der Waals surface area contributed by atoms with Crippen LogP contribution in [0, 0.1) is 0 Å². The first-order chi connectivity index (χ1) is 6.81. The summed E-state index contributed by atoms with van der Waals surface area (Å²) in [6, 6.07) is 0. The van der Waals surface area contributed by atoms with Crippen molar-refractivity contribution in [3.63, 3.8) is 0 Å². The van der Waals surface area contributed by atoms with Gasteiger partial charge in [0.05, 0.1) is 18.8 Å². The summed E-state index contributed by atoms with van der Waals surface area (Å²) in [6.45, 7) is 8.68. The quantitative estimate of drug-likeness (QED) is 0.597. The molecule has 0 aromatic rings. The summed E-state index contributed by atoms with van der Waals surface area (Å²) in [5.41, 5.74) is -0.119. The maximum Gasteiger partial charge on any atom is 0.0897 e. The van der Waals surface area contributed by atoms with Crippen LogP contribution in [0.25, 0.3) is 0 Å². The second kappa shape index (κ2) is 6.43. The van der Waals surface area contributed by atoms with Crippen molar-refractivity contribution in [3.05, 3.63) is 0 Å². The van der Waals surface area contributed by atoms with Gasteiger partial charge in [0, 0.05) is 18.6 Å². The Bertz CT molecular complexity index is 156. The van der Waals surface area contributed by atoms with E-state index in [0.29, 0.717) is 19.5 Å². The van der Waals surface area contributed by atoms with Gasteiger partial charge in [0.25, 0.3) is 0 Å². The van der Waals surface area contributed by atoms with Crippen LogP contribution in [0.4, 0.5) is 0 Å². The zero-order valence-electron chi connectivity index (χ0n) is 10.3. The molecule has 2 unspecified atom stereocenters. The van der Waals surface area contributed by atoms with Gasteiger partial charge in [-0.25, -0.2) is 0 Å². The van der Waals surface area contributed by atoms with E-state index in [1.165, 1.54) is 0 Å². The predicted octanol–water partition coefficient (Wildman–Crippen LogP) is 0.211. The Balaban J connectivity index is 4.32. The van der Waals surface area contributed by atoms with Crippen molar-refractivity contribution in [2.45, 2.75) is 51.9 Å². The normalized spacial score (nSPS) is 16.8. The first kappa shape index (κ1) is 14.8. The molecule has 0 amide bonds. The lowest BCUT2D eigenvalue weighted by Crippen LogP contribution is -2.49. The molecule has 0 spiro atoms. The zero-order chi connectivity index (χ0) is 12.1. The summed E-state index contributed by atoms with van der Waals surface area (Å²) in [6.07, 6.45) is -0.426. The molecule has 4 heteroatoms. The number of aliphatic hydroxyl groups excluding tert-OH is 3. The highest BCUT2D eigenvalue weighted by atomic mass is 16.3. The van der Waals surface area contributed by atoms with Crippen LogP contribution in [0.1, 0.15) is 34.1 Å². The van der Waals surface area contributed by atoms with E-state index in [4.69, 9.17) is 5.11 Å². The van der Waals surface area contributed by atoms with Crippen molar-refractivity contribution in [2.24, 2.45) is 0 Å². The van der Waals surface area contributed by atoms with Gasteiger partial charge in [0.2, 0.25) is 0 Å².